The molecule has 1 unspecified atom stereocenters. The van der Waals surface area contributed by atoms with Gasteiger partial charge in [0.15, 0.2) is 0 Å². The van der Waals surface area contributed by atoms with E-state index in [-0.39, 0.29) is 11.6 Å². The number of fused-ring (bicyclic) bond motifs is 3. The Morgan fingerprint density at radius 2 is 1.97 bits per heavy atom. The summed E-state index contributed by atoms with van der Waals surface area (Å²) in [4.78, 5) is 22.0. The standard InChI is InChI=1S/C29H34N4O2/c1-20(2)21-8-10-23(11-9-21)31-28(34)35-24-12-13-26-25(19-24)29(3)15-18-33(27(29)32(26)4)17-14-22-7-5-6-16-30-22/h5-13,16,19-20,27H,14-15,17-18H2,1-4H3,(H,31,34)/t27?,29-/m0/s1. The van der Waals surface area contributed by atoms with Crippen molar-refractivity contribution in [2.75, 3.05) is 30.4 Å². The average molecular weight is 471 g/mol. The van der Waals surface area contributed by atoms with E-state index in [1.165, 1.54) is 16.8 Å². The van der Waals surface area contributed by atoms with Gasteiger partial charge in [0.05, 0.1) is 6.17 Å². The second kappa shape index (κ2) is 9.34. The van der Waals surface area contributed by atoms with Crippen molar-refractivity contribution < 1.29 is 9.53 Å². The van der Waals surface area contributed by atoms with Gasteiger partial charge in [0.25, 0.3) is 0 Å². The van der Waals surface area contributed by atoms with E-state index in [1.807, 2.05) is 48.7 Å². The molecule has 1 N–H and O–H groups in total. The fourth-order valence-corrected chi connectivity index (χ4v) is 5.69. The third-order valence-corrected chi connectivity index (χ3v) is 7.58. The lowest BCUT2D eigenvalue weighted by Gasteiger charge is -2.34. The van der Waals surface area contributed by atoms with Gasteiger partial charge in [0.2, 0.25) is 0 Å². The van der Waals surface area contributed by atoms with Crippen LogP contribution >= 0.6 is 0 Å². The molecule has 3 heterocycles. The molecular weight excluding hydrogens is 436 g/mol. The number of hydrogen-bond acceptors (Lipinski definition) is 5. The summed E-state index contributed by atoms with van der Waals surface area (Å²) in [5.41, 5.74) is 5.53. The Labute approximate surface area is 207 Å². The van der Waals surface area contributed by atoms with Gasteiger partial charge in [-0.1, -0.05) is 39.0 Å². The number of likely N-dealkylation sites (tertiary alicyclic amines) is 1. The molecule has 35 heavy (non-hydrogen) atoms. The molecule has 1 saturated heterocycles. The molecule has 182 valence electrons. The zero-order valence-corrected chi connectivity index (χ0v) is 21.0. The summed E-state index contributed by atoms with van der Waals surface area (Å²) in [6.45, 7) is 8.64. The van der Waals surface area contributed by atoms with Gasteiger partial charge in [0, 0.05) is 55.2 Å². The van der Waals surface area contributed by atoms with Crippen molar-refractivity contribution in [3.63, 3.8) is 0 Å². The highest BCUT2D eigenvalue weighted by Gasteiger charge is 2.53. The van der Waals surface area contributed by atoms with Crippen LogP contribution in [0.2, 0.25) is 0 Å². The summed E-state index contributed by atoms with van der Waals surface area (Å²) in [5, 5.41) is 2.84. The first-order valence-electron chi connectivity index (χ1n) is 12.5. The van der Waals surface area contributed by atoms with Crippen LogP contribution in [0, 0.1) is 0 Å². The van der Waals surface area contributed by atoms with E-state index in [0.29, 0.717) is 11.7 Å². The number of aromatic nitrogens is 1. The molecule has 2 aliphatic rings. The minimum absolute atomic E-state index is 0.0171. The molecule has 0 bridgehead atoms. The smallest absolute Gasteiger partial charge is 0.410 e. The largest absolute Gasteiger partial charge is 0.417 e. The topological polar surface area (TPSA) is 57.7 Å². The van der Waals surface area contributed by atoms with E-state index in [4.69, 9.17) is 4.74 Å². The normalized spacial score (nSPS) is 21.2. The Hall–Kier alpha value is -3.38. The summed E-state index contributed by atoms with van der Waals surface area (Å²) in [5.74, 6) is 1.02. The van der Waals surface area contributed by atoms with Gasteiger partial charge in [0.1, 0.15) is 5.75 Å². The van der Waals surface area contributed by atoms with E-state index in [9.17, 15) is 4.79 Å². The molecule has 5 rings (SSSR count). The lowest BCUT2D eigenvalue weighted by atomic mass is 9.81. The van der Waals surface area contributed by atoms with Crippen LogP contribution in [0.4, 0.5) is 16.2 Å². The maximum Gasteiger partial charge on any atom is 0.417 e. The number of hydrogen-bond donors (Lipinski definition) is 1. The maximum atomic E-state index is 12.6. The number of rotatable bonds is 6. The van der Waals surface area contributed by atoms with Crippen molar-refractivity contribution in [3.8, 4) is 5.75 Å². The highest BCUT2D eigenvalue weighted by Crippen LogP contribution is 2.52. The molecule has 0 saturated carbocycles. The molecule has 1 fully saturated rings. The summed E-state index contributed by atoms with van der Waals surface area (Å²) in [6, 6.07) is 20.0. The van der Waals surface area contributed by atoms with E-state index in [1.54, 1.807) is 0 Å². The van der Waals surface area contributed by atoms with Gasteiger partial charge >= 0.3 is 6.09 Å². The van der Waals surface area contributed by atoms with Crippen molar-refractivity contribution in [1.29, 1.82) is 0 Å². The van der Waals surface area contributed by atoms with E-state index in [0.717, 1.165) is 37.3 Å². The van der Waals surface area contributed by atoms with Crippen LogP contribution in [0.5, 0.6) is 5.75 Å². The summed E-state index contributed by atoms with van der Waals surface area (Å²) in [7, 11) is 2.17. The van der Waals surface area contributed by atoms with Crippen molar-refractivity contribution >= 4 is 17.5 Å². The third-order valence-electron chi connectivity index (χ3n) is 7.58. The van der Waals surface area contributed by atoms with E-state index >= 15 is 0 Å². The molecular formula is C29H34N4O2. The summed E-state index contributed by atoms with van der Waals surface area (Å²) in [6.07, 6.45) is 3.67. The van der Waals surface area contributed by atoms with Crippen molar-refractivity contribution in [3.05, 3.63) is 83.7 Å². The Balaban J connectivity index is 1.27. The summed E-state index contributed by atoms with van der Waals surface area (Å²) >= 11 is 0. The van der Waals surface area contributed by atoms with Gasteiger partial charge in [-0.25, -0.2) is 4.79 Å². The second-order valence-corrected chi connectivity index (χ2v) is 10.2. The molecule has 2 atom stereocenters. The van der Waals surface area contributed by atoms with E-state index in [2.05, 4.69) is 66.1 Å². The first-order valence-corrected chi connectivity index (χ1v) is 12.5. The first kappa shape index (κ1) is 23.4. The quantitative estimate of drug-likeness (QED) is 0.494. The second-order valence-electron chi connectivity index (χ2n) is 10.2. The molecule has 6 heteroatoms. The van der Waals surface area contributed by atoms with Crippen LogP contribution in [0.3, 0.4) is 0 Å². The molecule has 2 aliphatic heterocycles. The SMILES string of the molecule is CC(C)c1ccc(NC(=O)Oc2ccc3c(c2)[C@]2(C)CCN(CCc4ccccn4)C2N3C)cc1. The van der Waals surface area contributed by atoms with Crippen LogP contribution in [0.25, 0.3) is 0 Å². The molecule has 3 aromatic rings. The van der Waals surface area contributed by atoms with Crippen molar-refractivity contribution in [1.82, 2.24) is 9.88 Å². The van der Waals surface area contributed by atoms with Gasteiger partial charge < -0.3 is 9.64 Å². The predicted octanol–water partition coefficient (Wildman–Crippen LogP) is 5.80. The molecule has 1 amide bonds. The van der Waals surface area contributed by atoms with Crippen LogP contribution < -0.4 is 15.0 Å². The number of benzene rings is 2. The lowest BCUT2D eigenvalue weighted by molar-refractivity contribution is 0.215. The Morgan fingerprint density at radius 3 is 2.69 bits per heavy atom. The number of carbonyl (C=O) groups excluding carboxylic acids is 1. The lowest BCUT2D eigenvalue weighted by Crippen LogP contribution is -2.47. The average Bonchev–Trinajstić information content (AvgIpc) is 3.30. The first-order chi connectivity index (χ1) is 16.8. The van der Waals surface area contributed by atoms with E-state index < -0.39 is 6.09 Å². The third kappa shape index (κ3) is 4.50. The predicted molar refractivity (Wildman–Crippen MR) is 140 cm³/mol. The molecule has 0 radical (unpaired) electrons. The number of nitrogens with one attached hydrogen (secondary N) is 1. The van der Waals surface area contributed by atoms with Gasteiger partial charge in [-0.3, -0.25) is 15.2 Å². The number of carbonyl (C=O) groups is 1. The Morgan fingerprint density at radius 1 is 1.17 bits per heavy atom. The van der Waals surface area contributed by atoms with Crippen molar-refractivity contribution in [2.24, 2.45) is 0 Å². The van der Waals surface area contributed by atoms with Gasteiger partial charge in [-0.05, 0) is 65.9 Å². The molecule has 0 spiro atoms. The van der Waals surface area contributed by atoms with Crippen LogP contribution in [0.15, 0.2) is 66.9 Å². The number of likely N-dealkylation sites (N-methyl/N-ethyl adjacent to an activating group) is 1. The molecule has 6 nitrogen and oxygen atoms in total. The van der Waals surface area contributed by atoms with Crippen LogP contribution in [-0.2, 0) is 11.8 Å². The molecule has 1 aromatic heterocycles. The van der Waals surface area contributed by atoms with Crippen molar-refractivity contribution in [2.45, 2.75) is 51.1 Å². The number of nitrogens with zero attached hydrogens (tertiary/aromatic N) is 3. The number of amides is 1. The van der Waals surface area contributed by atoms with Crippen LogP contribution in [-0.4, -0.2) is 42.3 Å². The molecule has 0 aliphatic carbocycles. The Bertz CT molecular complexity index is 1200. The highest BCUT2D eigenvalue weighted by atomic mass is 16.6. The summed E-state index contributed by atoms with van der Waals surface area (Å²) < 4.78 is 5.69. The van der Waals surface area contributed by atoms with Gasteiger partial charge in [-0.15, -0.1) is 0 Å². The number of ether oxygens (including phenoxy) is 1. The minimum atomic E-state index is -0.473. The fourth-order valence-electron chi connectivity index (χ4n) is 5.69. The maximum absolute atomic E-state index is 12.6. The monoisotopic (exact) mass is 470 g/mol. The zero-order valence-electron chi connectivity index (χ0n) is 21.0. The Kier molecular flexibility index (Phi) is 6.24. The minimum Gasteiger partial charge on any atom is -0.410 e. The fraction of sp³-hybridized carbons (Fsp3) is 0.379. The number of anilines is 2. The van der Waals surface area contributed by atoms with Gasteiger partial charge in [-0.2, -0.15) is 0 Å². The zero-order chi connectivity index (χ0) is 24.6. The van der Waals surface area contributed by atoms with Crippen LogP contribution in [0.1, 0.15) is 49.9 Å². The highest BCUT2D eigenvalue weighted by molar-refractivity contribution is 5.86. The number of pyridine rings is 1. The molecule has 2 aromatic carbocycles.